The van der Waals surface area contributed by atoms with Crippen LogP contribution in [0, 0.1) is 13.8 Å². The van der Waals surface area contributed by atoms with Crippen LogP contribution in [0.3, 0.4) is 0 Å². The molecule has 0 bridgehead atoms. The molecule has 0 spiro atoms. The Bertz CT molecular complexity index is 346. The average Bonchev–Trinajstić information content (AvgIpc) is 2.50. The van der Waals surface area contributed by atoms with Gasteiger partial charge in [-0.25, -0.2) is 0 Å². The van der Waals surface area contributed by atoms with Crippen LogP contribution < -0.4 is 11.1 Å². The maximum Gasteiger partial charge on any atom is 0.243 e. The van der Waals surface area contributed by atoms with Crippen LogP contribution in [-0.4, -0.2) is 17.1 Å². The summed E-state index contributed by atoms with van der Waals surface area (Å²) in [5.74, 6) is 0.167. The Morgan fingerprint density at radius 3 is 2.73 bits per heavy atom. The van der Waals surface area contributed by atoms with Crippen LogP contribution in [0.25, 0.3) is 0 Å². The summed E-state index contributed by atoms with van der Waals surface area (Å²) >= 11 is 0. The van der Waals surface area contributed by atoms with Crippen LogP contribution in [-0.2, 0) is 4.79 Å². The number of anilines is 1. The molecule has 1 aromatic heterocycles. The van der Waals surface area contributed by atoms with Gasteiger partial charge in [-0.05, 0) is 20.3 Å². The SMILES string of the molecule is CCC[C@H](N)C(=O)Nc1onc(C)c1C. The number of carbonyl (C=O) groups excluding carboxylic acids is 1. The van der Waals surface area contributed by atoms with E-state index in [-0.39, 0.29) is 5.91 Å². The lowest BCUT2D eigenvalue weighted by Gasteiger charge is -2.08. The summed E-state index contributed by atoms with van der Waals surface area (Å²) in [6, 6.07) is -0.486. The highest BCUT2D eigenvalue weighted by atomic mass is 16.5. The minimum absolute atomic E-state index is 0.226. The maximum atomic E-state index is 11.5. The number of aromatic nitrogens is 1. The summed E-state index contributed by atoms with van der Waals surface area (Å²) in [5.41, 5.74) is 7.27. The van der Waals surface area contributed by atoms with Gasteiger partial charge in [0, 0.05) is 5.56 Å². The molecule has 0 aliphatic rings. The van der Waals surface area contributed by atoms with Crippen molar-refractivity contribution in [2.45, 2.75) is 39.7 Å². The number of nitrogens with zero attached hydrogens (tertiary/aromatic N) is 1. The molecular weight excluding hydrogens is 194 g/mol. The van der Waals surface area contributed by atoms with Crippen LogP contribution >= 0.6 is 0 Å². The molecule has 1 amide bonds. The second-order valence-electron chi connectivity index (χ2n) is 3.61. The van der Waals surface area contributed by atoms with Crippen LogP contribution in [0.5, 0.6) is 0 Å². The van der Waals surface area contributed by atoms with Gasteiger partial charge in [0.05, 0.1) is 11.7 Å². The van der Waals surface area contributed by atoms with Crippen molar-refractivity contribution in [1.29, 1.82) is 0 Å². The Hall–Kier alpha value is -1.36. The van der Waals surface area contributed by atoms with Gasteiger partial charge in [-0.2, -0.15) is 0 Å². The van der Waals surface area contributed by atoms with E-state index < -0.39 is 6.04 Å². The predicted octanol–water partition coefficient (Wildman–Crippen LogP) is 1.36. The summed E-state index contributed by atoms with van der Waals surface area (Å²) in [6.45, 7) is 5.64. The van der Waals surface area contributed by atoms with Crippen molar-refractivity contribution in [2.75, 3.05) is 5.32 Å². The summed E-state index contributed by atoms with van der Waals surface area (Å²) in [4.78, 5) is 11.5. The topological polar surface area (TPSA) is 81.2 Å². The van der Waals surface area contributed by atoms with Crippen molar-refractivity contribution < 1.29 is 9.32 Å². The first-order valence-corrected chi connectivity index (χ1v) is 5.05. The van der Waals surface area contributed by atoms with Gasteiger partial charge >= 0.3 is 0 Å². The minimum atomic E-state index is -0.486. The van der Waals surface area contributed by atoms with Gasteiger partial charge in [-0.3, -0.25) is 10.1 Å². The monoisotopic (exact) mass is 211 g/mol. The van der Waals surface area contributed by atoms with E-state index in [0.29, 0.717) is 12.3 Å². The summed E-state index contributed by atoms with van der Waals surface area (Å²) in [5, 5.41) is 6.37. The number of rotatable bonds is 4. The van der Waals surface area contributed by atoms with Gasteiger partial charge in [0.25, 0.3) is 0 Å². The molecule has 0 aromatic carbocycles. The van der Waals surface area contributed by atoms with E-state index in [4.69, 9.17) is 10.3 Å². The van der Waals surface area contributed by atoms with Crippen molar-refractivity contribution in [3.63, 3.8) is 0 Å². The van der Waals surface area contributed by atoms with Gasteiger partial charge in [-0.1, -0.05) is 18.5 Å². The van der Waals surface area contributed by atoms with Gasteiger partial charge < -0.3 is 10.3 Å². The molecule has 0 saturated carbocycles. The molecule has 0 saturated heterocycles. The van der Waals surface area contributed by atoms with Gasteiger partial charge in [-0.15, -0.1) is 0 Å². The van der Waals surface area contributed by atoms with Crippen molar-refractivity contribution in [1.82, 2.24) is 5.16 Å². The second kappa shape index (κ2) is 4.93. The first-order chi connectivity index (χ1) is 7.06. The highest BCUT2D eigenvalue weighted by molar-refractivity contribution is 5.94. The lowest BCUT2D eigenvalue weighted by molar-refractivity contribution is -0.117. The van der Waals surface area contributed by atoms with Crippen molar-refractivity contribution in [2.24, 2.45) is 5.73 Å². The summed E-state index contributed by atoms with van der Waals surface area (Å²) < 4.78 is 4.96. The third-order valence-corrected chi connectivity index (χ3v) is 2.33. The number of nitrogens with one attached hydrogen (secondary N) is 1. The zero-order chi connectivity index (χ0) is 11.4. The van der Waals surface area contributed by atoms with E-state index in [2.05, 4.69) is 10.5 Å². The molecule has 0 radical (unpaired) electrons. The fourth-order valence-electron chi connectivity index (χ4n) is 1.18. The van der Waals surface area contributed by atoms with Crippen molar-refractivity contribution >= 4 is 11.8 Å². The largest absolute Gasteiger partial charge is 0.338 e. The molecule has 1 aromatic rings. The van der Waals surface area contributed by atoms with Crippen LogP contribution in [0.4, 0.5) is 5.88 Å². The smallest absolute Gasteiger partial charge is 0.243 e. The Morgan fingerprint density at radius 1 is 1.60 bits per heavy atom. The van der Waals surface area contributed by atoms with E-state index in [1.807, 2.05) is 20.8 Å². The number of carbonyl (C=O) groups is 1. The minimum Gasteiger partial charge on any atom is -0.338 e. The number of hydrogen-bond donors (Lipinski definition) is 2. The number of aryl methyl sites for hydroxylation is 1. The maximum absolute atomic E-state index is 11.5. The average molecular weight is 211 g/mol. The molecule has 0 unspecified atom stereocenters. The third kappa shape index (κ3) is 2.79. The first-order valence-electron chi connectivity index (χ1n) is 5.05. The quantitative estimate of drug-likeness (QED) is 0.787. The van der Waals surface area contributed by atoms with E-state index in [1.165, 1.54) is 0 Å². The fourth-order valence-corrected chi connectivity index (χ4v) is 1.18. The van der Waals surface area contributed by atoms with Gasteiger partial charge in [0.15, 0.2) is 0 Å². The zero-order valence-electron chi connectivity index (χ0n) is 9.33. The first kappa shape index (κ1) is 11.7. The zero-order valence-corrected chi connectivity index (χ0v) is 9.33. The predicted molar refractivity (Wildman–Crippen MR) is 57.5 cm³/mol. The lowest BCUT2D eigenvalue weighted by Crippen LogP contribution is -2.35. The lowest BCUT2D eigenvalue weighted by atomic mass is 10.1. The van der Waals surface area contributed by atoms with E-state index in [1.54, 1.807) is 0 Å². The molecule has 84 valence electrons. The summed E-state index contributed by atoms with van der Waals surface area (Å²) in [7, 11) is 0. The second-order valence-corrected chi connectivity index (χ2v) is 3.61. The molecule has 3 N–H and O–H groups in total. The molecular formula is C10H17N3O2. The van der Waals surface area contributed by atoms with E-state index in [0.717, 1.165) is 17.7 Å². The molecule has 15 heavy (non-hydrogen) atoms. The van der Waals surface area contributed by atoms with Crippen LogP contribution in [0.1, 0.15) is 31.0 Å². The van der Waals surface area contributed by atoms with E-state index in [9.17, 15) is 4.79 Å². The normalized spacial score (nSPS) is 12.5. The van der Waals surface area contributed by atoms with E-state index >= 15 is 0 Å². The standard InChI is InChI=1S/C10H17N3O2/c1-4-5-8(11)9(14)12-10-6(2)7(3)13-15-10/h8H,4-5,11H2,1-3H3,(H,12,14)/t8-/m0/s1. The number of hydrogen-bond acceptors (Lipinski definition) is 4. The van der Waals surface area contributed by atoms with Crippen LogP contribution in [0.15, 0.2) is 4.52 Å². The van der Waals surface area contributed by atoms with Gasteiger partial charge in [0.2, 0.25) is 11.8 Å². The molecule has 1 heterocycles. The highest BCUT2D eigenvalue weighted by Gasteiger charge is 2.16. The Balaban J connectivity index is 2.62. The fraction of sp³-hybridized carbons (Fsp3) is 0.600. The molecule has 5 nitrogen and oxygen atoms in total. The Kier molecular flexibility index (Phi) is 3.85. The molecule has 0 aliphatic carbocycles. The molecule has 1 rings (SSSR count). The molecule has 1 atom stereocenters. The molecule has 0 fully saturated rings. The highest BCUT2D eigenvalue weighted by Crippen LogP contribution is 2.17. The number of nitrogens with two attached hydrogens (primary N) is 1. The van der Waals surface area contributed by atoms with Crippen molar-refractivity contribution in [3.8, 4) is 0 Å². The summed E-state index contributed by atoms with van der Waals surface area (Å²) in [6.07, 6.45) is 1.54. The van der Waals surface area contributed by atoms with Crippen LogP contribution in [0.2, 0.25) is 0 Å². The third-order valence-electron chi connectivity index (χ3n) is 2.33. The Morgan fingerprint density at radius 2 is 2.27 bits per heavy atom. The van der Waals surface area contributed by atoms with Crippen molar-refractivity contribution in [3.05, 3.63) is 11.3 Å². The molecule has 5 heteroatoms. The number of amides is 1. The van der Waals surface area contributed by atoms with Gasteiger partial charge in [0.1, 0.15) is 0 Å². The Labute approximate surface area is 89.0 Å². The molecule has 0 aliphatic heterocycles.